The topological polar surface area (TPSA) is 93.3 Å². The highest BCUT2D eigenvalue weighted by Gasteiger charge is 2.13. The molecule has 0 saturated heterocycles. The van der Waals surface area contributed by atoms with E-state index in [0.29, 0.717) is 34.1 Å². The second-order valence-corrected chi connectivity index (χ2v) is 6.81. The number of nitro benzene ring substituents is 1. The van der Waals surface area contributed by atoms with Crippen LogP contribution in [-0.2, 0) is 6.42 Å². The molecular formula is C20H19ClN4O3. The Bertz CT molecular complexity index is 1140. The van der Waals surface area contributed by atoms with Crippen LogP contribution in [0.2, 0.25) is 5.02 Å². The zero-order chi connectivity index (χ0) is 20.4. The number of H-pyrrole nitrogens is 1. The Labute approximate surface area is 166 Å². The molecule has 8 heteroatoms. The lowest BCUT2D eigenvalue weighted by molar-refractivity contribution is -0.384. The molecule has 0 aliphatic heterocycles. The minimum atomic E-state index is -0.436. The minimum Gasteiger partial charge on any atom is -0.295 e. The number of aliphatic imine (C=N–C) groups is 1. The first-order valence-electron chi connectivity index (χ1n) is 8.71. The van der Waals surface area contributed by atoms with Gasteiger partial charge in [-0.1, -0.05) is 24.6 Å². The average molecular weight is 399 g/mol. The zero-order valence-electron chi connectivity index (χ0n) is 15.7. The van der Waals surface area contributed by atoms with Crippen molar-refractivity contribution in [3.63, 3.8) is 0 Å². The molecule has 0 aliphatic rings. The van der Waals surface area contributed by atoms with Gasteiger partial charge in [-0.25, -0.2) is 4.68 Å². The molecule has 1 N–H and O–H groups in total. The summed E-state index contributed by atoms with van der Waals surface area (Å²) in [5, 5.41) is 14.5. The van der Waals surface area contributed by atoms with Crippen LogP contribution in [0.5, 0.6) is 0 Å². The van der Waals surface area contributed by atoms with Crippen molar-refractivity contribution in [3.8, 4) is 5.69 Å². The summed E-state index contributed by atoms with van der Waals surface area (Å²) in [6.07, 6.45) is 2.08. The summed E-state index contributed by atoms with van der Waals surface area (Å²) in [6.45, 7) is 5.57. The lowest BCUT2D eigenvalue weighted by atomic mass is 10.1. The second kappa shape index (κ2) is 7.82. The van der Waals surface area contributed by atoms with Gasteiger partial charge >= 0.3 is 0 Å². The van der Waals surface area contributed by atoms with Gasteiger partial charge in [-0.2, -0.15) is 0 Å². The number of halogens is 1. The smallest absolute Gasteiger partial charge is 0.280 e. The van der Waals surface area contributed by atoms with E-state index < -0.39 is 4.92 Å². The third-order valence-corrected chi connectivity index (χ3v) is 4.93. The maximum Gasteiger partial charge on any atom is 0.280 e. The van der Waals surface area contributed by atoms with Crippen molar-refractivity contribution < 1.29 is 4.92 Å². The molecule has 144 valence electrons. The van der Waals surface area contributed by atoms with Crippen LogP contribution in [0.4, 0.5) is 11.4 Å². The van der Waals surface area contributed by atoms with E-state index in [9.17, 15) is 14.9 Å². The molecule has 0 amide bonds. The second-order valence-electron chi connectivity index (χ2n) is 6.41. The molecule has 3 aromatic rings. The molecule has 2 aromatic carbocycles. The monoisotopic (exact) mass is 398 g/mol. The molecule has 0 aliphatic carbocycles. The van der Waals surface area contributed by atoms with Crippen molar-refractivity contribution in [1.29, 1.82) is 0 Å². The van der Waals surface area contributed by atoms with Crippen LogP contribution in [0.15, 0.2) is 46.2 Å². The molecule has 7 nitrogen and oxygen atoms in total. The predicted molar refractivity (Wildman–Crippen MR) is 111 cm³/mol. The Kier molecular flexibility index (Phi) is 5.46. The summed E-state index contributed by atoms with van der Waals surface area (Å²) in [5.41, 5.74) is 3.74. The molecule has 0 bridgehead atoms. The van der Waals surface area contributed by atoms with Gasteiger partial charge in [-0.3, -0.25) is 25.0 Å². The van der Waals surface area contributed by atoms with Gasteiger partial charge in [0.05, 0.1) is 21.9 Å². The lowest BCUT2D eigenvalue weighted by Gasteiger charge is -2.04. The van der Waals surface area contributed by atoms with Crippen LogP contribution in [0.25, 0.3) is 5.69 Å². The molecule has 0 atom stereocenters. The largest absolute Gasteiger partial charge is 0.295 e. The fraction of sp³-hybridized carbons (Fsp3) is 0.200. The van der Waals surface area contributed by atoms with Crippen LogP contribution in [0.3, 0.4) is 0 Å². The number of hydrogen-bond acceptors (Lipinski definition) is 4. The summed E-state index contributed by atoms with van der Waals surface area (Å²) >= 11 is 6.17. The van der Waals surface area contributed by atoms with Crippen molar-refractivity contribution in [2.24, 2.45) is 4.99 Å². The van der Waals surface area contributed by atoms with Crippen LogP contribution in [0.1, 0.15) is 29.3 Å². The molecule has 0 unspecified atom stereocenters. The van der Waals surface area contributed by atoms with Gasteiger partial charge in [0.2, 0.25) is 0 Å². The van der Waals surface area contributed by atoms with E-state index in [-0.39, 0.29) is 11.2 Å². The Morgan fingerprint density at radius 2 is 2.00 bits per heavy atom. The minimum absolute atomic E-state index is 0.0206. The normalized spacial score (nSPS) is 11.3. The SMILES string of the molecule is CCc1cc([N+](=O)[O-])ccc1N=Cc1c(C)[nH]n(-c2ccc(C)c(Cl)c2)c1=O. The fourth-order valence-corrected chi connectivity index (χ4v) is 3.02. The molecule has 3 rings (SSSR count). The van der Waals surface area contributed by atoms with Gasteiger partial charge in [-0.05, 0) is 49.6 Å². The highest BCUT2D eigenvalue weighted by Crippen LogP contribution is 2.25. The van der Waals surface area contributed by atoms with Crippen LogP contribution in [-0.4, -0.2) is 20.9 Å². The molecule has 1 aromatic heterocycles. The number of nitrogens with one attached hydrogen (secondary N) is 1. The summed E-state index contributed by atoms with van der Waals surface area (Å²) in [5.74, 6) is 0. The number of nitro groups is 1. The first-order chi connectivity index (χ1) is 13.3. The number of aromatic amines is 1. The predicted octanol–water partition coefficient (Wildman–Crippen LogP) is 4.66. The lowest BCUT2D eigenvalue weighted by Crippen LogP contribution is -2.17. The van der Waals surface area contributed by atoms with Crippen molar-refractivity contribution >= 4 is 29.2 Å². The Morgan fingerprint density at radius 1 is 1.25 bits per heavy atom. The van der Waals surface area contributed by atoms with E-state index in [2.05, 4.69) is 10.1 Å². The highest BCUT2D eigenvalue weighted by atomic mass is 35.5. The zero-order valence-corrected chi connectivity index (χ0v) is 16.4. The van der Waals surface area contributed by atoms with Gasteiger partial charge in [0.1, 0.15) is 0 Å². The van der Waals surface area contributed by atoms with Crippen LogP contribution >= 0.6 is 11.6 Å². The number of nitrogens with zero attached hydrogens (tertiary/aromatic N) is 3. The average Bonchev–Trinajstić information content (AvgIpc) is 2.96. The molecular weight excluding hydrogens is 380 g/mol. The van der Waals surface area contributed by atoms with Crippen molar-refractivity contribution in [3.05, 3.63) is 84.3 Å². The third-order valence-electron chi connectivity index (χ3n) is 4.52. The molecule has 1 heterocycles. The van der Waals surface area contributed by atoms with E-state index in [1.807, 2.05) is 26.0 Å². The Morgan fingerprint density at radius 3 is 2.64 bits per heavy atom. The van der Waals surface area contributed by atoms with E-state index in [4.69, 9.17) is 11.6 Å². The fourth-order valence-electron chi connectivity index (χ4n) is 2.84. The maximum atomic E-state index is 12.8. The van der Waals surface area contributed by atoms with E-state index in [0.717, 1.165) is 11.1 Å². The van der Waals surface area contributed by atoms with Crippen LogP contribution < -0.4 is 5.56 Å². The van der Waals surface area contributed by atoms with Crippen molar-refractivity contribution in [1.82, 2.24) is 9.78 Å². The molecule has 0 fully saturated rings. The molecule has 0 radical (unpaired) electrons. The van der Waals surface area contributed by atoms with E-state index >= 15 is 0 Å². The number of benzene rings is 2. The number of rotatable bonds is 5. The third kappa shape index (κ3) is 3.75. The van der Waals surface area contributed by atoms with Crippen molar-refractivity contribution in [2.75, 3.05) is 0 Å². The number of aryl methyl sites for hydroxylation is 3. The van der Waals surface area contributed by atoms with Crippen molar-refractivity contribution in [2.45, 2.75) is 27.2 Å². The standard InChI is InChI=1S/C20H19ClN4O3/c1-4-14-9-16(25(27)28)7-8-19(14)22-11-17-13(3)23-24(20(17)26)15-6-5-12(2)18(21)10-15/h5-11,23H,4H2,1-3H3. The molecule has 0 saturated carbocycles. The van der Waals surface area contributed by atoms with E-state index in [1.165, 1.54) is 23.0 Å². The van der Waals surface area contributed by atoms with Gasteiger partial charge in [0.15, 0.2) is 0 Å². The first kappa shape index (κ1) is 19.6. The quantitative estimate of drug-likeness (QED) is 0.385. The summed E-state index contributed by atoms with van der Waals surface area (Å²) in [7, 11) is 0. The number of non-ortho nitro benzene ring substituents is 1. The van der Waals surface area contributed by atoms with Gasteiger partial charge in [-0.15, -0.1) is 0 Å². The van der Waals surface area contributed by atoms with E-state index in [1.54, 1.807) is 19.1 Å². The van der Waals surface area contributed by atoms with Crippen LogP contribution in [0, 0.1) is 24.0 Å². The Hall–Kier alpha value is -3.19. The van der Waals surface area contributed by atoms with Gasteiger partial charge in [0.25, 0.3) is 11.2 Å². The first-order valence-corrected chi connectivity index (χ1v) is 9.09. The van der Waals surface area contributed by atoms with Gasteiger partial charge < -0.3 is 0 Å². The van der Waals surface area contributed by atoms with Gasteiger partial charge in [0, 0.05) is 29.1 Å². The summed E-state index contributed by atoms with van der Waals surface area (Å²) in [6, 6.07) is 9.88. The highest BCUT2D eigenvalue weighted by molar-refractivity contribution is 6.31. The molecule has 0 spiro atoms. The number of hydrogen-bond donors (Lipinski definition) is 1. The molecule has 28 heavy (non-hydrogen) atoms. The Balaban J connectivity index is 2.00. The summed E-state index contributed by atoms with van der Waals surface area (Å²) < 4.78 is 1.42. The summed E-state index contributed by atoms with van der Waals surface area (Å²) in [4.78, 5) is 27.7. The number of aromatic nitrogens is 2. The maximum absolute atomic E-state index is 12.8.